The van der Waals surface area contributed by atoms with Crippen LogP contribution in [-0.4, -0.2) is 74.6 Å². The van der Waals surface area contributed by atoms with Crippen LogP contribution in [0, 0.1) is 13.8 Å². The summed E-state index contributed by atoms with van der Waals surface area (Å²) in [4.78, 5) is 24.6. The number of carbonyl (C=O) groups is 1. The molecule has 4 heterocycles. The summed E-state index contributed by atoms with van der Waals surface area (Å²) in [6, 6.07) is 6.59. The third-order valence-electron chi connectivity index (χ3n) is 7.91. The van der Waals surface area contributed by atoms with Crippen LogP contribution in [0.1, 0.15) is 62.0 Å². The van der Waals surface area contributed by atoms with Gasteiger partial charge in [0, 0.05) is 48.8 Å². The molecule has 5 rings (SSSR count). The molecule has 0 radical (unpaired) electrons. The minimum atomic E-state index is -0.202. The highest BCUT2D eigenvalue weighted by atomic mass is 16.5. The number of nitrogens with one attached hydrogen (secondary N) is 1. The molecule has 1 unspecified atom stereocenters. The maximum absolute atomic E-state index is 12.5. The van der Waals surface area contributed by atoms with E-state index in [1.807, 2.05) is 18.6 Å². The van der Waals surface area contributed by atoms with Crippen LogP contribution in [0.4, 0.5) is 0 Å². The molecule has 1 saturated heterocycles. The predicted octanol–water partition coefficient (Wildman–Crippen LogP) is 4.86. The Labute approximate surface area is 218 Å². The van der Waals surface area contributed by atoms with E-state index in [2.05, 4.69) is 85.9 Å². The lowest BCUT2D eigenvalue weighted by molar-refractivity contribution is -0.139. The molecule has 0 spiro atoms. The summed E-state index contributed by atoms with van der Waals surface area (Å²) >= 11 is 0. The lowest BCUT2D eigenvalue weighted by Gasteiger charge is -2.45. The molecule has 0 saturated carbocycles. The highest BCUT2D eigenvalue weighted by Crippen LogP contribution is 2.40. The molecule has 3 aromatic heterocycles. The van der Waals surface area contributed by atoms with Gasteiger partial charge in [-0.25, -0.2) is 9.50 Å². The van der Waals surface area contributed by atoms with Crippen molar-refractivity contribution in [1.82, 2.24) is 29.4 Å². The number of hydrogen-bond donors (Lipinski definition) is 1. The summed E-state index contributed by atoms with van der Waals surface area (Å²) in [5.74, 6) is 0.419. The number of aromatic nitrogens is 4. The van der Waals surface area contributed by atoms with Crippen molar-refractivity contribution >= 4 is 22.5 Å². The van der Waals surface area contributed by atoms with E-state index in [1.165, 1.54) is 16.5 Å². The topological polar surface area (TPSA) is 78.8 Å². The largest absolute Gasteiger partial charge is 0.370 e. The zero-order chi connectivity index (χ0) is 26.6. The van der Waals surface area contributed by atoms with Gasteiger partial charge in [0.1, 0.15) is 6.33 Å². The molecular weight excluding hydrogens is 464 g/mol. The van der Waals surface area contributed by atoms with Crippen LogP contribution in [0.2, 0.25) is 0 Å². The van der Waals surface area contributed by atoms with Crippen molar-refractivity contribution < 1.29 is 9.53 Å². The number of carbonyl (C=O) groups excluding carboxylic acids is 1. The molecule has 196 valence electrons. The monoisotopic (exact) mass is 502 g/mol. The molecule has 37 heavy (non-hydrogen) atoms. The van der Waals surface area contributed by atoms with Crippen LogP contribution in [0.3, 0.4) is 0 Å². The van der Waals surface area contributed by atoms with Crippen LogP contribution < -0.4 is 0 Å². The molecule has 8 nitrogen and oxygen atoms in total. The van der Waals surface area contributed by atoms with E-state index in [9.17, 15) is 4.79 Å². The van der Waals surface area contributed by atoms with Crippen molar-refractivity contribution in [3.05, 3.63) is 53.0 Å². The number of benzene rings is 1. The van der Waals surface area contributed by atoms with Gasteiger partial charge >= 0.3 is 0 Å². The summed E-state index contributed by atoms with van der Waals surface area (Å²) < 4.78 is 8.23. The molecule has 1 amide bonds. The number of morpholine rings is 1. The van der Waals surface area contributed by atoms with E-state index in [4.69, 9.17) is 4.74 Å². The van der Waals surface area contributed by atoms with E-state index in [-0.39, 0.29) is 17.6 Å². The summed E-state index contributed by atoms with van der Waals surface area (Å²) in [6.07, 6.45) is 3.59. The Morgan fingerprint density at radius 3 is 2.70 bits per heavy atom. The minimum Gasteiger partial charge on any atom is -0.370 e. The number of rotatable bonds is 5. The maximum Gasteiger partial charge on any atom is 0.236 e. The van der Waals surface area contributed by atoms with Gasteiger partial charge in [-0.2, -0.15) is 5.10 Å². The molecule has 0 bridgehead atoms. The van der Waals surface area contributed by atoms with Crippen LogP contribution in [-0.2, 0) is 9.53 Å². The fraction of sp³-hybridized carbons (Fsp3) is 0.483. The highest BCUT2D eigenvalue weighted by molar-refractivity contribution is 5.92. The fourth-order valence-corrected chi connectivity index (χ4v) is 5.38. The first-order valence-electron chi connectivity index (χ1n) is 13.0. The Morgan fingerprint density at radius 1 is 1.24 bits per heavy atom. The highest BCUT2D eigenvalue weighted by Gasteiger charge is 2.37. The molecule has 1 N–H and O–H groups in total. The second kappa shape index (κ2) is 9.26. The van der Waals surface area contributed by atoms with Crippen LogP contribution in [0.5, 0.6) is 0 Å². The van der Waals surface area contributed by atoms with Crippen LogP contribution >= 0.6 is 0 Å². The van der Waals surface area contributed by atoms with Crippen molar-refractivity contribution in [3.8, 4) is 11.3 Å². The van der Waals surface area contributed by atoms with Gasteiger partial charge in [0.2, 0.25) is 5.91 Å². The normalized spacial score (nSPS) is 18.2. The van der Waals surface area contributed by atoms with E-state index < -0.39 is 0 Å². The van der Waals surface area contributed by atoms with Gasteiger partial charge in [0.25, 0.3) is 0 Å². The van der Waals surface area contributed by atoms with Gasteiger partial charge < -0.3 is 14.6 Å². The van der Waals surface area contributed by atoms with Gasteiger partial charge in [-0.15, -0.1) is 0 Å². The Balaban J connectivity index is 1.56. The number of ether oxygens (including phenoxy) is 1. The Bertz CT molecular complexity index is 1480. The van der Waals surface area contributed by atoms with Gasteiger partial charge in [0.05, 0.1) is 24.9 Å². The van der Waals surface area contributed by atoms with E-state index in [0.717, 1.165) is 33.5 Å². The first-order valence-corrected chi connectivity index (χ1v) is 13.0. The number of fused-ring (bicyclic) bond motifs is 2. The van der Waals surface area contributed by atoms with E-state index in [1.54, 1.807) is 11.2 Å². The lowest BCUT2D eigenvalue weighted by Crippen LogP contribution is -2.56. The van der Waals surface area contributed by atoms with Gasteiger partial charge in [-0.05, 0) is 68.0 Å². The summed E-state index contributed by atoms with van der Waals surface area (Å²) in [6.45, 7) is 14.6. The fourth-order valence-electron chi connectivity index (χ4n) is 5.38. The van der Waals surface area contributed by atoms with Crippen molar-refractivity contribution in [2.75, 3.05) is 33.8 Å². The average Bonchev–Trinajstić information content (AvgIpc) is 3.46. The zero-order valence-electron chi connectivity index (χ0n) is 23.2. The first-order chi connectivity index (χ1) is 17.5. The summed E-state index contributed by atoms with van der Waals surface area (Å²) in [5.41, 5.74) is 8.82. The molecule has 1 aliphatic heterocycles. The molecule has 8 heteroatoms. The lowest BCUT2D eigenvalue weighted by atomic mass is 9.92. The third-order valence-corrected chi connectivity index (χ3v) is 7.91. The van der Waals surface area contributed by atoms with Gasteiger partial charge in [0.15, 0.2) is 5.65 Å². The van der Waals surface area contributed by atoms with Crippen LogP contribution in [0.25, 0.3) is 27.8 Å². The van der Waals surface area contributed by atoms with Gasteiger partial charge in [-0.1, -0.05) is 19.9 Å². The van der Waals surface area contributed by atoms with Crippen molar-refractivity contribution in [2.24, 2.45) is 0 Å². The molecule has 1 aliphatic rings. The second-order valence-corrected chi connectivity index (χ2v) is 11.5. The van der Waals surface area contributed by atoms with Crippen molar-refractivity contribution in [1.29, 1.82) is 0 Å². The molecule has 1 aromatic carbocycles. The third kappa shape index (κ3) is 4.42. The number of aryl methyl sites for hydroxylation is 1. The van der Waals surface area contributed by atoms with E-state index in [0.29, 0.717) is 25.6 Å². The summed E-state index contributed by atoms with van der Waals surface area (Å²) in [7, 11) is 3.61. The smallest absolute Gasteiger partial charge is 0.236 e. The molecule has 0 aliphatic carbocycles. The predicted molar refractivity (Wildman–Crippen MR) is 147 cm³/mol. The van der Waals surface area contributed by atoms with Crippen molar-refractivity contribution in [3.63, 3.8) is 0 Å². The Hall–Kier alpha value is -3.23. The van der Waals surface area contributed by atoms with E-state index >= 15 is 0 Å². The number of aromatic amines is 1. The summed E-state index contributed by atoms with van der Waals surface area (Å²) in [5, 5.41) is 5.61. The Morgan fingerprint density at radius 2 is 2.00 bits per heavy atom. The van der Waals surface area contributed by atoms with Crippen LogP contribution in [0.15, 0.2) is 30.7 Å². The molecular formula is C29H38N6O2. The first kappa shape index (κ1) is 25.4. The standard InChI is InChI=1S/C29H38N6O2/c1-17(2)26-21-11-20(24-13-34(14-25(36)33(7)8)29(5,6)15-37-24)9-10-23(21)32-27(26)22-12-35-28(30-16-31-35)19(4)18(22)3/h9-12,16-17,24,32H,13-15H2,1-8H3. The maximum atomic E-state index is 12.5. The quantitative estimate of drug-likeness (QED) is 0.422. The number of amides is 1. The molecule has 1 atom stereocenters. The Kier molecular flexibility index (Phi) is 6.36. The number of pyridine rings is 1. The number of H-pyrrole nitrogens is 1. The number of likely N-dealkylation sites (N-methyl/N-ethyl adjacent to an activating group) is 1. The molecule has 1 fully saturated rings. The molecule has 4 aromatic rings. The average molecular weight is 503 g/mol. The minimum absolute atomic E-state index is 0.0961. The van der Waals surface area contributed by atoms with Gasteiger partial charge in [-0.3, -0.25) is 9.69 Å². The SMILES string of the molecule is Cc1c(-c2[nH]c3ccc(C4CN(CC(=O)N(C)C)C(C)(C)CO4)cc3c2C(C)C)cn2ncnc2c1C. The number of nitrogens with zero attached hydrogens (tertiary/aromatic N) is 5. The number of hydrogen-bond acceptors (Lipinski definition) is 5. The zero-order valence-corrected chi connectivity index (χ0v) is 23.2. The van der Waals surface area contributed by atoms with Crippen molar-refractivity contribution in [2.45, 2.75) is 59.1 Å². The second-order valence-electron chi connectivity index (χ2n) is 11.5.